The van der Waals surface area contributed by atoms with E-state index >= 15 is 0 Å². The maximum atomic E-state index is 13.9. The summed E-state index contributed by atoms with van der Waals surface area (Å²) in [5, 5.41) is 0. The molecular weight excluding hydrogens is 645 g/mol. The van der Waals surface area contributed by atoms with Crippen LogP contribution in [0, 0.1) is 42.3 Å². The van der Waals surface area contributed by atoms with Crippen molar-refractivity contribution in [2.24, 2.45) is 0 Å². The van der Waals surface area contributed by atoms with Crippen molar-refractivity contribution >= 4 is 0 Å². The molecule has 5 rings (SSSR count). The Morgan fingerprint density at radius 1 is 0.722 bits per heavy atom. The second-order valence-corrected chi connectivity index (χ2v) is 7.50. The summed E-state index contributed by atoms with van der Waals surface area (Å²) < 4.78 is 53.7. The molecule has 0 spiro atoms. The van der Waals surface area contributed by atoms with Gasteiger partial charge in [0.15, 0.2) is 0 Å². The van der Waals surface area contributed by atoms with Gasteiger partial charge in [-0.25, -0.2) is 8.78 Å². The first kappa shape index (κ1) is 26.9. The van der Waals surface area contributed by atoms with Gasteiger partial charge in [-0.1, -0.05) is 60.2 Å². The van der Waals surface area contributed by atoms with E-state index < -0.39 is 28.8 Å². The van der Waals surface area contributed by atoms with E-state index in [1.165, 1.54) is 12.3 Å². The van der Waals surface area contributed by atoms with Crippen LogP contribution in [0.25, 0.3) is 33.6 Å². The van der Waals surface area contributed by atoms with Gasteiger partial charge in [0.25, 0.3) is 0 Å². The van der Waals surface area contributed by atoms with Crippen LogP contribution < -0.4 is 0 Å². The van der Waals surface area contributed by atoms with Gasteiger partial charge in [0.05, 0.1) is 11.6 Å². The third kappa shape index (κ3) is 6.11. The topological polar surface area (TPSA) is 25.8 Å². The van der Waals surface area contributed by atoms with E-state index in [2.05, 4.69) is 16.0 Å². The Hall–Kier alpha value is -3.67. The maximum Gasteiger partial charge on any atom is 0.114 e. The minimum Gasteiger partial charge on any atom is -0.305 e. The predicted molar refractivity (Wildman–Crippen MR) is 127 cm³/mol. The number of benzene rings is 3. The summed E-state index contributed by atoms with van der Waals surface area (Å²) in [4.78, 5) is 8.20. The monoisotopic (exact) mass is 663 g/mol. The van der Waals surface area contributed by atoms with Crippen molar-refractivity contribution in [3.8, 4) is 33.6 Å². The van der Waals surface area contributed by atoms with E-state index in [-0.39, 0.29) is 25.8 Å². The third-order valence-corrected chi connectivity index (χ3v) is 5.13. The van der Waals surface area contributed by atoms with Crippen LogP contribution in [0.4, 0.5) is 17.6 Å². The number of halogens is 4. The summed E-state index contributed by atoms with van der Waals surface area (Å²) in [6.07, 6.45) is 3.25. The quantitative estimate of drug-likeness (QED) is 0.0860. The van der Waals surface area contributed by atoms with Crippen molar-refractivity contribution in [3.63, 3.8) is 0 Å². The minimum absolute atomic E-state index is 0. The van der Waals surface area contributed by atoms with E-state index in [0.29, 0.717) is 0 Å². The summed E-state index contributed by atoms with van der Waals surface area (Å²) in [5.74, 6) is -6.86. The van der Waals surface area contributed by atoms with Crippen LogP contribution >= 0.6 is 0 Å². The van der Waals surface area contributed by atoms with Crippen molar-refractivity contribution in [1.82, 2.24) is 9.97 Å². The molecule has 0 fully saturated rings. The number of pyridine rings is 2. The molecule has 0 saturated heterocycles. The van der Waals surface area contributed by atoms with E-state index in [0.717, 1.165) is 27.9 Å². The van der Waals surface area contributed by atoms with Gasteiger partial charge in [-0.3, -0.25) is 8.78 Å². The Balaban J connectivity index is 0.000000234. The van der Waals surface area contributed by atoms with Crippen molar-refractivity contribution in [1.29, 1.82) is 0 Å². The molecule has 2 aromatic heterocycles. The zero-order valence-corrected chi connectivity index (χ0v) is 21.3. The molecule has 0 bridgehead atoms. The molecule has 3 aromatic carbocycles. The number of aromatic nitrogens is 2. The fraction of sp³-hybridized carbons (Fsp3) is 0.0345. The average Bonchev–Trinajstić information content (AvgIpc) is 2.92. The van der Waals surface area contributed by atoms with Gasteiger partial charge in [0, 0.05) is 32.5 Å². The maximum absolute atomic E-state index is 13.9. The zero-order chi connectivity index (χ0) is 24.8. The van der Waals surface area contributed by atoms with Crippen molar-refractivity contribution in [2.75, 3.05) is 0 Å². The normalized spacial score (nSPS) is 10.1. The number of rotatable bonds is 3. The van der Waals surface area contributed by atoms with Crippen LogP contribution in [0.2, 0.25) is 0 Å². The van der Waals surface area contributed by atoms with Crippen molar-refractivity contribution in [2.45, 2.75) is 6.92 Å². The molecular formula is C29H18F4IrN2-2. The fourth-order valence-electron chi connectivity index (χ4n) is 3.36. The summed E-state index contributed by atoms with van der Waals surface area (Å²) in [6.45, 7) is 1.81. The molecule has 1 radical (unpaired) electrons. The Bertz CT molecular complexity index is 1390. The SMILES string of the molecule is Cc1cnc(-c2[c-]c(F)c(F)c(F)c2F)cc1-c1ccccc1.[Ir].[c-]1ccccc1-c1ccccn1. The van der Waals surface area contributed by atoms with Gasteiger partial charge in [0.2, 0.25) is 0 Å². The number of nitrogens with zero attached hydrogens (tertiary/aromatic N) is 2. The summed E-state index contributed by atoms with van der Waals surface area (Å²) in [6, 6.07) is 29.4. The van der Waals surface area contributed by atoms with Crippen LogP contribution in [-0.4, -0.2) is 9.97 Å². The van der Waals surface area contributed by atoms with Crippen LogP contribution in [-0.2, 0) is 20.1 Å². The molecule has 183 valence electrons. The van der Waals surface area contributed by atoms with Gasteiger partial charge in [-0.2, -0.15) is 0 Å². The number of hydrogen-bond donors (Lipinski definition) is 0. The van der Waals surface area contributed by atoms with Gasteiger partial charge >= 0.3 is 0 Å². The molecule has 0 unspecified atom stereocenters. The first-order valence-corrected chi connectivity index (χ1v) is 10.6. The largest absolute Gasteiger partial charge is 0.305 e. The van der Waals surface area contributed by atoms with E-state index in [4.69, 9.17) is 0 Å². The molecule has 2 heterocycles. The van der Waals surface area contributed by atoms with E-state index in [1.54, 1.807) is 6.20 Å². The Morgan fingerprint density at radius 2 is 1.44 bits per heavy atom. The standard InChI is InChI=1S/C18H10F4N.C11H8N.Ir/c1-10-9-23-15(8-12(10)11-5-3-2-4-6-11)13-7-14(19)17(21)18(22)16(13)20;1-2-6-10(7-3-1)11-8-4-5-9-12-11;/h2-6,8-9H,1H3;1-6,8-9H;/q2*-1;. The van der Waals surface area contributed by atoms with Crippen LogP contribution in [0.5, 0.6) is 0 Å². The fourth-order valence-corrected chi connectivity index (χ4v) is 3.36. The summed E-state index contributed by atoms with van der Waals surface area (Å²) >= 11 is 0. The molecule has 0 aliphatic heterocycles. The molecule has 0 saturated carbocycles. The molecule has 0 amide bonds. The van der Waals surface area contributed by atoms with Gasteiger partial charge < -0.3 is 9.97 Å². The van der Waals surface area contributed by atoms with Gasteiger partial charge in [-0.05, 0) is 41.1 Å². The van der Waals surface area contributed by atoms with Gasteiger partial charge in [-0.15, -0.1) is 35.9 Å². The van der Waals surface area contributed by atoms with Crippen LogP contribution in [0.3, 0.4) is 0 Å². The molecule has 5 aromatic rings. The molecule has 2 nitrogen and oxygen atoms in total. The molecule has 0 atom stereocenters. The van der Waals surface area contributed by atoms with E-state index in [1.807, 2.05) is 85.8 Å². The predicted octanol–water partition coefficient (Wildman–Crippen LogP) is 7.63. The zero-order valence-electron chi connectivity index (χ0n) is 18.9. The van der Waals surface area contributed by atoms with E-state index in [9.17, 15) is 17.6 Å². The molecule has 0 aliphatic carbocycles. The number of hydrogen-bond acceptors (Lipinski definition) is 2. The smallest absolute Gasteiger partial charge is 0.114 e. The molecule has 7 heteroatoms. The molecule has 0 N–H and O–H groups in total. The van der Waals surface area contributed by atoms with Crippen LogP contribution in [0.15, 0.2) is 91.3 Å². The Labute approximate surface area is 220 Å². The summed E-state index contributed by atoms with van der Waals surface area (Å²) in [5.41, 5.74) is 3.83. The first-order valence-electron chi connectivity index (χ1n) is 10.6. The van der Waals surface area contributed by atoms with Crippen molar-refractivity contribution < 1.29 is 37.7 Å². The van der Waals surface area contributed by atoms with Crippen molar-refractivity contribution in [3.05, 3.63) is 132 Å². The average molecular weight is 663 g/mol. The first-order chi connectivity index (χ1) is 17.0. The Kier molecular flexibility index (Phi) is 9.23. The third-order valence-electron chi connectivity index (χ3n) is 5.13. The molecule has 0 aliphatic rings. The second kappa shape index (κ2) is 12.3. The number of aryl methyl sites for hydroxylation is 1. The summed E-state index contributed by atoms with van der Waals surface area (Å²) in [7, 11) is 0. The van der Waals surface area contributed by atoms with Gasteiger partial charge in [0.1, 0.15) is 11.6 Å². The second-order valence-electron chi connectivity index (χ2n) is 7.50. The Morgan fingerprint density at radius 3 is 2.11 bits per heavy atom. The molecule has 36 heavy (non-hydrogen) atoms. The minimum atomic E-state index is -1.89. The van der Waals surface area contributed by atoms with Crippen LogP contribution in [0.1, 0.15) is 5.56 Å².